The molecule has 0 radical (unpaired) electrons. The summed E-state index contributed by atoms with van der Waals surface area (Å²) in [5.41, 5.74) is 4.04. The predicted molar refractivity (Wildman–Crippen MR) is 127 cm³/mol. The highest BCUT2D eigenvalue weighted by Gasteiger charge is 2.15. The summed E-state index contributed by atoms with van der Waals surface area (Å²) in [4.78, 5) is 15.8. The number of aromatic nitrogens is 2. The summed E-state index contributed by atoms with van der Waals surface area (Å²) in [7, 11) is 0. The van der Waals surface area contributed by atoms with Crippen LogP contribution in [0.15, 0.2) is 78.9 Å². The zero-order chi connectivity index (χ0) is 22.3. The first-order valence-electron chi connectivity index (χ1n) is 11.1. The Hall–Kier alpha value is -3.60. The van der Waals surface area contributed by atoms with Crippen LogP contribution in [0.4, 0.5) is 0 Å². The number of imidazole rings is 1. The number of aliphatic carboxylic acids is 1. The summed E-state index contributed by atoms with van der Waals surface area (Å²) in [6.07, 6.45) is 3.47. The summed E-state index contributed by atoms with van der Waals surface area (Å²) in [5, 5.41) is 8.97. The van der Waals surface area contributed by atoms with Gasteiger partial charge in [0.15, 0.2) is 0 Å². The molecule has 164 valence electrons. The average Bonchev–Trinajstić information content (AvgIpc) is 3.21. The van der Waals surface area contributed by atoms with Crippen LogP contribution >= 0.6 is 0 Å². The van der Waals surface area contributed by atoms with E-state index in [4.69, 9.17) is 14.8 Å². The second kappa shape index (κ2) is 10.1. The van der Waals surface area contributed by atoms with E-state index in [0.717, 1.165) is 53.1 Å². The molecule has 1 heterocycles. The van der Waals surface area contributed by atoms with Gasteiger partial charge in [0.25, 0.3) is 0 Å². The molecule has 3 aromatic carbocycles. The Morgan fingerprint density at radius 1 is 0.969 bits per heavy atom. The van der Waals surface area contributed by atoms with Crippen molar-refractivity contribution in [3.63, 3.8) is 0 Å². The monoisotopic (exact) mass is 428 g/mol. The third-order valence-corrected chi connectivity index (χ3v) is 5.64. The fourth-order valence-corrected chi connectivity index (χ4v) is 3.81. The number of hydrogen-bond acceptors (Lipinski definition) is 3. The van der Waals surface area contributed by atoms with Crippen LogP contribution in [-0.4, -0.2) is 27.2 Å². The molecule has 5 heteroatoms. The molecule has 0 bridgehead atoms. The summed E-state index contributed by atoms with van der Waals surface area (Å²) >= 11 is 0. The van der Waals surface area contributed by atoms with E-state index in [0.29, 0.717) is 13.0 Å². The standard InChI is InChI=1S/C27H28N2O3/c1-20(27(30)31)11-5-4-10-18-32-23-16-17-24-25(19-23)29(22-14-8-3-9-15-22)26(28-24)21-12-6-2-7-13-21/h2-3,6-9,12-17,19-20H,4-5,10-11,18H2,1H3,(H,30,31). The highest BCUT2D eigenvalue weighted by Crippen LogP contribution is 2.30. The van der Waals surface area contributed by atoms with E-state index < -0.39 is 5.97 Å². The van der Waals surface area contributed by atoms with Crippen molar-refractivity contribution in [1.29, 1.82) is 0 Å². The zero-order valence-corrected chi connectivity index (χ0v) is 18.3. The third kappa shape index (κ3) is 4.99. The predicted octanol–water partition coefficient (Wildman–Crippen LogP) is 6.35. The number of carboxylic acid groups (broad SMARTS) is 1. The third-order valence-electron chi connectivity index (χ3n) is 5.64. The normalized spacial score (nSPS) is 12.0. The van der Waals surface area contributed by atoms with Gasteiger partial charge in [-0.1, -0.05) is 68.3 Å². The highest BCUT2D eigenvalue weighted by atomic mass is 16.5. The lowest BCUT2D eigenvalue weighted by atomic mass is 10.0. The second-order valence-electron chi connectivity index (χ2n) is 8.06. The van der Waals surface area contributed by atoms with Gasteiger partial charge < -0.3 is 9.84 Å². The van der Waals surface area contributed by atoms with E-state index in [9.17, 15) is 4.79 Å². The minimum absolute atomic E-state index is 0.282. The van der Waals surface area contributed by atoms with Crippen molar-refractivity contribution in [1.82, 2.24) is 9.55 Å². The molecule has 32 heavy (non-hydrogen) atoms. The highest BCUT2D eigenvalue weighted by molar-refractivity contribution is 5.84. The van der Waals surface area contributed by atoms with Gasteiger partial charge in [-0.2, -0.15) is 0 Å². The van der Waals surface area contributed by atoms with Gasteiger partial charge in [0, 0.05) is 17.3 Å². The number of para-hydroxylation sites is 1. The van der Waals surface area contributed by atoms with Gasteiger partial charge in [-0.05, 0) is 37.1 Å². The van der Waals surface area contributed by atoms with Crippen molar-refractivity contribution in [3.8, 4) is 22.8 Å². The van der Waals surface area contributed by atoms with Crippen LogP contribution in [0.3, 0.4) is 0 Å². The SMILES string of the molecule is CC(CCCCCOc1ccc2nc(-c3ccccc3)n(-c3ccccc3)c2c1)C(=O)O. The maximum atomic E-state index is 10.9. The number of carboxylic acids is 1. The van der Waals surface area contributed by atoms with E-state index in [1.54, 1.807) is 6.92 Å². The lowest BCUT2D eigenvalue weighted by Crippen LogP contribution is -2.09. The quantitative estimate of drug-likeness (QED) is 0.299. The Labute approximate surface area is 188 Å². The lowest BCUT2D eigenvalue weighted by molar-refractivity contribution is -0.141. The molecule has 1 N–H and O–H groups in total. The zero-order valence-electron chi connectivity index (χ0n) is 18.3. The lowest BCUT2D eigenvalue weighted by Gasteiger charge is -2.11. The second-order valence-corrected chi connectivity index (χ2v) is 8.06. The Bertz CT molecular complexity index is 1170. The minimum Gasteiger partial charge on any atom is -0.494 e. The van der Waals surface area contributed by atoms with Crippen molar-refractivity contribution in [2.24, 2.45) is 5.92 Å². The Kier molecular flexibility index (Phi) is 6.85. The fourth-order valence-electron chi connectivity index (χ4n) is 3.81. The van der Waals surface area contributed by atoms with E-state index in [1.165, 1.54) is 0 Å². The number of nitrogens with zero attached hydrogens (tertiary/aromatic N) is 2. The number of carbonyl (C=O) groups is 1. The molecular formula is C27H28N2O3. The van der Waals surface area contributed by atoms with Gasteiger partial charge in [-0.15, -0.1) is 0 Å². The number of ether oxygens (including phenoxy) is 1. The number of rotatable bonds is 10. The molecule has 1 unspecified atom stereocenters. The smallest absolute Gasteiger partial charge is 0.306 e. The van der Waals surface area contributed by atoms with Crippen molar-refractivity contribution in [2.75, 3.05) is 6.61 Å². The van der Waals surface area contributed by atoms with Gasteiger partial charge in [-0.3, -0.25) is 9.36 Å². The summed E-state index contributed by atoms with van der Waals surface area (Å²) in [6, 6.07) is 26.5. The van der Waals surface area contributed by atoms with Crippen LogP contribution < -0.4 is 4.74 Å². The molecule has 0 saturated carbocycles. The van der Waals surface area contributed by atoms with Crippen LogP contribution in [0.2, 0.25) is 0 Å². The molecule has 0 spiro atoms. The molecule has 1 atom stereocenters. The van der Waals surface area contributed by atoms with Gasteiger partial charge in [0.2, 0.25) is 0 Å². The van der Waals surface area contributed by atoms with Gasteiger partial charge >= 0.3 is 5.97 Å². The van der Waals surface area contributed by atoms with E-state index in [2.05, 4.69) is 28.8 Å². The molecule has 1 aromatic heterocycles. The van der Waals surface area contributed by atoms with E-state index in [-0.39, 0.29) is 5.92 Å². The Morgan fingerprint density at radius 3 is 2.41 bits per heavy atom. The molecule has 4 aromatic rings. The van der Waals surface area contributed by atoms with Gasteiger partial charge in [0.1, 0.15) is 11.6 Å². The van der Waals surface area contributed by atoms with Gasteiger partial charge in [-0.25, -0.2) is 4.98 Å². The first-order chi connectivity index (χ1) is 15.6. The van der Waals surface area contributed by atoms with Crippen LogP contribution in [0.25, 0.3) is 28.1 Å². The van der Waals surface area contributed by atoms with Crippen LogP contribution in [0.5, 0.6) is 5.75 Å². The first kappa shape index (κ1) is 21.6. The summed E-state index contributed by atoms with van der Waals surface area (Å²) < 4.78 is 8.19. The average molecular weight is 429 g/mol. The summed E-state index contributed by atoms with van der Waals surface area (Å²) in [5.74, 6) is 0.708. The van der Waals surface area contributed by atoms with Gasteiger partial charge in [0.05, 0.1) is 23.6 Å². The molecule has 5 nitrogen and oxygen atoms in total. The maximum Gasteiger partial charge on any atom is 0.306 e. The van der Waals surface area contributed by atoms with Crippen molar-refractivity contribution in [2.45, 2.75) is 32.6 Å². The van der Waals surface area contributed by atoms with Crippen molar-refractivity contribution >= 4 is 17.0 Å². The van der Waals surface area contributed by atoms with E-state index in [1.807, 2.05) is 54.6 Å². The fraction of sp³-hybridized carbons (Fsp3) is 0.259. The van der Waals surface area contributed by atoms with Crippen LogP contribution in [0.1, 0.15) is 32.6 Å². The number of unbranched alkanes of at least 4 members (excludes halogenated alkanes) is 2. The Balaban J connectivity index is 1.52. The number of benzene rings is 3. The van der Waals surface area contributed by atoms with E-state index >= 15 is 0 Å². The Morgan fingerprint density at radius 2 is 1.69 bits per heavy atom. The van der Waals surface area contributed by atoms with Crippen molar-refractivity contribution < 1.29 is 14.6 Å². The molecule has 4 rings (SSSR count). The molecule has 0 aliphatic heterocycles. The van der Waals surface area contributed by atoms with Crippen LogP contribution in [-0.2, 0) is 4.79 Å². The van der Waals surface area contributed by atoms with Crippen molar-refractivity contribution in [3.05, 3.63) is 78.9 Å². The van der Waals surface area contributed by atoms with Crippen LogP contribution in [0, 0.1) is 5.92 Å². The molecule has 0 aliphatic carbocycles. The first-order valence-corrected chi connectivity index (χ1v) is 11.1. The molecule has 0 amide bonds. The summed E-state index contributed by atoms with van der Waals surface area (Å²) in [6.45, 7) is 2.37. The molecule has 0 fully saturated rings. The minimum atomic E-state index is -0.723. The number of fused-ring (bicyclic) bond motifs is 1. The molecule has 0 aliphatic rings. The molecular weight excluding hydrogens is 400 g/mol. The number of hydrogen-bond donors (Lipinski definition) is 1. The topological polar surface area (TPSA) is 64.4 Å². The maximum absolute atomic E-state index is 10.9. The molecule has 0 saturated heterocycles. The largest absolute Gasteiger partial charge is 0.494 e.